The molecule has 26 heavy (non-hydrogen) atoms. The average Bonchev–Trinajstić information content (AvgIpc) is 2.65. The van der Waals surface area contributed by atoms with E-state index in [1.807, 2.05) is 30.3 Å². The van der Waals surface area contributed by atoms with E-state index in [4.69, 9.17) is 16.3 Å². The average molecular weight is 365 g/mol. The molecule has 0 radical (unpaired) electrons. The molecule has 3 aromatic carbocycles. The number of hydrogen-bond acceptors (Lipinski definition) is 3. The lowest BCUT2D eigenvalue weighted by Gasteiger charge is -2.06. The van der Waals surface area contributed by atoms with Gasteiger partial charge in [0, 0.05) is 17.0 Å². The molecule has 3 aromatic rings. The first-order chi connectivity index (χ1) is 12.6. The molecule has 0 N–H and O–H groups in total. The summed E-state index contributed by atoms with van der Waals surface area (Å²) in [5.41, 5.74) is 2.32. The normalized spacial score (nSPS) is 10.3. The molecule has 0 fully saturated rings. The first-order valence-electron chi connectivity index (χ1n) is 8.22. The third-order valence-corrected chi connectivity index (χ3v) is 4.13. The zero-order chi connectivity index (χ0) is 18.4. The van der Waals surface area contributed by atoms with Crippen molar-refractivity contribution in [3.63, 3.8) is 0 Å². The predicted molar refractivity (Wildman–Crippen MR) is 102 cm³/mol. The molecule has 0 saturated carbocycles. The molecule has 0 amide bonds. The van der Waals surface area contributed by atoms with Gasteiger partial charge in [-0.25, -0.2) is 0 Å². The second-order valence-electron chi connectivity index (χ2n) is 5.89. The van der Waals surface area contributed by atoms with Gasteiger partial charge in [-0.05, 0) is 35.4 Å². The Bertz CT molecular complexity index is 885. The van der Waals surface area contributed by atoms with Crippen molar-refractivity contribution < 1.29 is 14.3 Å². The van der Waals surface area contributed by atoms with E-state index in [2.05, 4.69) is 0 Å². The summed E-state index contributed by atoms with van der Waals surface area (Å²) >= 11 is 5.85. The topological polar surface area (TPSA) is 43.4 Å². The maximum atomic E-state index is 12.3. The van der Waals surface area contributed by atoms with Gasteiger partial charge in [-0.1, -0.05) is 66.2 Å². The van der Waals surface area contributed by atoms with Gasteiger partial charge in [0.15, 0.2) is 5.78 Å². The predicted octanol–water partition coefficient (Wildman–Crippen LogP) is 4.91. The third kappa shape index (κ3) is 5.04. The van der Waals surface area contributed by atoms with Crippen LogP contribution in [0.1, 0.15) is 21.5 Å². The van der Waals surface area contributed by atoms with E-state index in [1.165, 1.54) is 0 Å². The van der Waals surface area contributed by atoms with E-state index in [1.54, 1.807) is 48.5 Å². The molecule has 0 atom stereocenters. The molecular weight excluding hydrogens is 348 g/mol. The van der Waals surface area contributed by atoms with Gasteiger partial charge in [0.05, 0.1) is 6.42 Å². The summed E-state index contributed by atoms with van der Waals surface area (Å²) in [7, 11) is 0. The molecule has 0 saturated heterocycles. The van der Waals surface area contributed by atoms with Gasteiger partial charge in [-0.15, -0.1) is 0 Å². The van der Waals surface area contributed by atoms with Crippen LogP contribution in [0, 0.1) is 0 Å². The Morgan fingerprint density at radius 3 is 1.96 bits per heavy atom. The van der Waals surface area contributed by atoms with Crippen LogP contribution in [0.3, 0.4) is 0 Å². The summed E-state index contributed by atoms with van der Waals surface area (Å²) in [6.07, 6.45) is 0.465. The Morgan fingerprint density at radius 1 is 0.731 bits per heavy atom. The molecule has 0 aliphatic rings. The molecule has 0 aliphatic heterocycles. The number of carbonyl (C=O) groups excluding carboxylic acids is 2. The van der Waals surface area contributed by atoms with Gasteiger partial charge in [0.2, 0.25) is 0 Å². The Labute approximate surface area is 157 Å². The number of para-hydroxylation sites is 1. The second kappa shape index (κ2) is 8.45. The summed E-state index contributed by atoms with van der Waals surface area (Å²) in [5.74, 6) is 0.203. The van der Waals surface area contributed by atoms with Crippen LogP contribution in [-0.4, -0.2) is 11.8 Å². The molecule has 0 aliphatic carbocycles. The number of benzene rings is 3. The number of halogens is 1. The van der Waals surface area contributed by atoms with Crippen LogP contribution in [0.15, 0.2) is 78.9 Å². The zero-order valence-corrected chi connectivity index (χ0v) is 14.8. The molecule has 0 spiro atoms. The van der Waals surface area contributed by atoms with E-state index >= 15 is 0 Å². The molecule has 4 heteroatoms. The SMILES string of the molecule is O=C(Cc1ccc(C(=O)Cc2ccc(Cl)cc2)cc1)Oc1ccccc1. The minimum Gasteiger partial charge on any atom is -0.426 e. The van der Waals surface area contributed by atoms with Gasteiger partial charge in [-0.3, -0.25) is 9.59 Å². The summed E-state index contributed by atoms with van der Waals surface area (Å²) < 4.78 is 5.27. The van der Waals surface area contributed by atoms with E-state index < -0.39 is 0 Å². The number of esters is 1. The van der Waals surface area contributed by atoms with Crippen LogP contribution in [0.5, 0.6) is 5.75 Å². The minimum atomic E-state index is -0.337. The van der Waals surface area contributed by atoms with Crippen molar-refractivity contribution in [2.75, 3.05) is 0 Å². The van der Waals surface area contributed by atoms with Crippen molar-refractivity contribution >= 4 is 23.4 Å². The first kappa shape index (κ1) is 17.9. The van der Waals surface area contributed by atoms with Gasteiger partial charge in [0.1, 0.15) is 5.75 Å². The highest BCUT2D eigenvalue weighted by Crippen LogP contribution is 2.14. The van der Waals surface area contributed by atoms with Crippen molar-refractivity contribution in [3.8, 4) is 5.75 Å². The van der Waals surface area contributed by atoms with Crippen molar-refractivity contribution in [3.05, 3.63) is 101 Å². The molecule has 0 aromatic heterocycles. The molecule has 3 nitrogen and oxygen atoms in total. The highest BCUT2D eigenvalue weighted by molar-refractivity contribution is 6.30. The second-order valence-corrected chi connectivity index (χ2v) is 6.32. The first-order valence-corrected chi connectivity index (χ1v) is 8.60. The molecule has 130 valence electrons. The van der Waals surface area contributed by atoms with E-state index in [0.29, 0.717) is 22.8 Å². The highest BCUT2D eigenvalue weighted by Gasteiger charge is 2.10. The van der Waals surface area contributed by atoms with E-state index in [0.717, 1.165) is 11.1 Å². The summed E-state index contributed by atoms with van der Waals surface area (Å²) in [6, 6.07) is 23.2. The number of Topliss-reactive ketones (excluding diaryl/α,β-unsaturated/α-hetero) is 1. The Morgan fingerprint density at radius 2 is 1.31 bits per heavy atom. The van der Waals surface area contributed by atoms with Gasteiger partial charge in [-0.2, -0.15) is 0 Å². The smallest absolute Gasteiger partial charge is 0.315 e. The number of carbonyl (C=O) groups is 2. The molecule has 0 bridgehead atoms. The van der Waals surface area contributed by atoms with Gasteiger partial charge >= 0.3 is 5.97 Å². The number of ketones is 1. The maximum Gasteiger partial charge on any atom is 0.315 e. The number of rotatable bonds is 6. The summed E-state index contributed by atoms with van der Waals surface area (Å²) in [6.45, 7) is 0. The van der Waals surface area contributed by atoms with Crippen LogP contribution < -0.4 is 4.74 Å². The fraction of sp³-hybridized carbons (Fsp3) is 0.0909. The van der Waals surface area contributed by atoms with Crippen molar-refractivity contribution in [1.29, 1.82) is 0 Å². The van der Waals surface area contributed by atoms with Crippen LogP contribution in [-0.2, 0) is 17.6 Å². The highest BCUT2D eigenvalue weighted by atomic mass is 35.5. The van der Waals surface area contributed by atoms with Crippen LogP contribution in [0.2, 0.25) is 5.02 Å². The Hall–Kier alpha value is -2.91. The minimum absolute atomic E-state index is 0.0192. The summed E-state index contributed by atoms with van der Waals surface area (Å²) in [4.78, 5) is 24.3. The fourth-order valence-corrected chi connectivity index (χ4v) is 2.65. The Balaban J connectivity index is 1.58. The Kier molecular flexibility index (Phi) is 5.82. The van der Waals surface area contributed by atoms with E-state index in [-0.39, 0.29) is 18.2 Å². The van der Waals surface area contributed by atoms with E-state index in [9.17, 15) is 9.59 Å². The molecule has 0 unspecified atom stereocenters. The van der Waals surface area contributed by atoms with Crippen LogP contribution in [0.4, 0.5) is 0 Å². The van der Waals surface area contributed by atoms with Crippen molar-refractivity contribution in [2.24, 2.45) is 0 Å². The van der Waals surface area contributed by atoms with Crippen molar-refractivity contribution in [2.45, 2.75) is 12.8 Å². The van der Waals surface area contributed by atoms with Crippen LogP contribution in [0.25, 0.3) is 0 Å². The number of ether oxygens (including phenoxy) is 1. The van der Waals surface area contributed by atoms with Gasteiger partial charge < -0.3 is 4.74 Å². The summed E-state index contributed by atoms with van der Waals surface area (Å²) in [5, 5.41) is 0.646. The third-order valence-electron chi connectivity index (χ3n) is 3.88. The lowest BCUT2D eigenvalue weighted by atomic mass is 10.0. The quantitative estimate of drug-likeness (QED) is 0.354. The largest absolute Gasteiger partial charge is 0.426 e. The van der Waals surface area contributed by atoms with Gasteiger partial charge in [0.25, 0.3) is 0 Å². The zero-order valence-electron chi connectivity index (χ0n) is 14.0. The monoisotopic (exact) mass is 364 g/mol. The van der Waals surface area contributed by atoms with Crippen LogP contribution >= 0.6 is 11.6 Å². The molecule has 3 rings (SSSR count). The number of hydrogen-bond donors (Lipinski definition) is 0. The standard InChI is InChI=1S/C22H17ClO3/c23-19-12-8-16(9-13-19)14-21(24)18-10-6-17(7-11-18)15-22(25)26-20-4-2-1-3-5-20/h1-13H,14-15H2. The lowest BCUT2D eigenvalue weighted by molar-refractivity contribution is -0.133. The fourth-order valence-electron chi connectivity index (χ4n) is 2.52. The maximum absolute atomic E-state index is 12.3. The molecule has 0 heterocycles. The van der Waals surface area contributed by atoms with Crippen molar-refractivity contribution in [1.82, 2.24) is 0 Å². The molecular formula is C22H17ClO3. The lowest BCUT2D eigenvalue weighted by Crippen LogP contribution is -2.11.